The number of rotatable bonds is 6. The highest BCUT2D eigenvalue weighted by Gasteiger charge is 2.65. The number of carboxylic acids is 1. The van der Waals surface area contributed by atoms with E-state index in [9.17, 15) is 29.7 Å². The topological polar surface area (TPSA) is 112 Å². The number of terminal acetylenes is 1. The summed E-state index contributed by atoms with van der Waals surface area (Å²) in [7, 11) is 0. The quantitative estimate of drug-likeness (QED) is 0.379. The van der Waals surface area contributed by atoms with Gasteiger partial charge in [0.15, 0.2) is 11.6 Å². The van der Waals surface area contributed by atoms with Gasteiger partial charge in [-0.3, -0.25) is 14.4 Å². The van der Waals surface area contributed by atoms with Crippen molar-refractivity contribution in [1.82, 2.24) is 0 Å². The molecule has 3 N–H and O–H groups in total. The molecular weight excluding hydrogens is 456 g/mol. The second-order valence-electron chi connectivity index (χ2n) is 12.3. The summed E-state index contributed by atoms with van der Waals surface area (Å²) in [5.74, 6) is -0.0737. The molecule has 4 unspecified atom stereocenters. The number of ketones is 2. The van der Waals surface area contributed by atoms with Crippen molar-refractivity contribution in [2.75, 3.05) is 0 Å². The number of aliphatic hydroxyl groups is 2. The molecule has 6 nitrogen and oxygen atoms in total. The van der Waals surface area contributed by atoms with Gasteiger partial charge < -0.3 is 15.3 Å². The Kier molecular flexibility index (Phi) is 6.90. The fourth-order valence-corrected chi connectivity index (χ4v) is 8.30. The Labute approximate surface area is 214 Å². The van der Waals surface area contributed by atoms with E-state index in [0.717, 1.165) is 12.8 Å². The minimum atomic E-state index is -1.21. The maximum atomic E-state index is 13.9. The van der Waals surface area contributed by atoms with Crippen molar-refractivity contribution in [2.24, 2.45) is 46.3 Å². The van der Waals surface area contributed by atoms with E-state index in [1.165, 1.54) is 0 Å². The molecule has 196 valence electrons. The summed E-state index contributed by atoms with van der Waals surface area (Å²) in [6.07, 6.45) is 7.94. The zero-order valence-corrected chi connectivity index (χ0v) is 21.9. The molecule has 0 radical (unpaired) electrons. The standard InChI is InChI=1S/C30H40O6/c1-7-18-21-14-23(32)24-20-11-10-19(16(3)9-8-15(2)17(4)28(35)36)30(20,6)27(34)26(33)25(24)29(21,5)13-12-22(18)31/h1,16-22,27,31,34H,2,8-14H2,3-6H3,(H,35,36)/t16-,17?,18+,19?,20?,21?,22+,27+,29+,30-/m1/s1. The van der Waals surface area contributed by atoms with Gasteiger partial charge in [0.1, 0.15) is 6.10 Å². The highest BCUT2D eigenvalue weighted by atomic mass is 16.4. The van der Waals surface area contributed by atoms with Crippen LogP contribution in [-0.4, -0.2) is 45.1 Å². The van der Waals surface area contributed by atoms with Crippen LogP contribution in [0, 0.1) is 58.7 Å². The van der Waals surface area contributed by atoms with E-state index < -0.39 is 40.8 Å². The van der Waals surface area contributed by atoms with Crippen LogP contribution in [0.25, 0.3) is 0 Å². The van der Waals surface area contributed by atoms with Gasteiger partial charge in [0.05, 0.1) is 17.9 Å². The van der Waals surface area contributed by atoms with Crippen molar-refractivity contribution in [3.63, 3.8) is 0 Å². The lowest BCUT2D eigenvalue weighted by atomic mass is 9.47. The van der Waals surface area contributed by atoms with Gasteiger partial charge in [-0.05, 0) is 69.1 Å². The Morgan fingerprint density at radius 1 is 1.19 bits per heavy atom. The molecule has 0 bridgehead atoms. The van der Waals surface area contributed by atoms with Gasteiger partial charge in [0, 0.05) is 28.4 Å². The van der Waals surface area contributed by atoms with Crippen LogP contribution in [-0.2, 0) is 14.4 Å². The zero-order chi connectivity index (χ0) is 26.7. The van der Waals surface area contributed by atoms with Crippen molar-refractivity contribution in [1.29, 1.82) is 0 Å². The number of aliphatic hydroxyl groups excluding tert-OH is 2. The first-order valence-corrected chi connectivity index (χ1v) is 13.3. The molecule has 10 atom stereocenters. The largest absolute Gasteiger partial charge is 0.481 e. The fraction of sp³-hybridized carbons (Fsp3) is 0.700. The average Bonchev–Trinajstić information content (AvgIpc) is 3.19. The molecule has 4 aliphatic rings. The Morgan fingerprint density at radius 3 is 2.47 bits per heavy atom. The van der Waals surface area contributed by atoms with E-state index in [-0.39, 0.29) is 41.7 Å². The normalized spacial score (nSPS) is 41.6. The molecule has 2 fully saturated rings. The maximum absolute atomic E-state index is 13.9. The van der Waals surface area contributed by atoms with Gasteiger partial charge in [0.2, 0.25) is 0 Å². The summed E-state index contributed by atoms with van der Waals surface area (Å²) in [4.78, 5) is 38.9. The van der Waals surface area contributed by atoms with Crippen molar-refractivity contribution in [2.45, 2.75) is 84.8 Å². The number of hydrogen-bond acceptors (Lipinski definition) is 5. The average molecular weight is 497 g/mol. The second kappa shape index (κ2) is 9.26. The molecule has 6 heteroatoms. The number of aliphatic carboxylic acids is 1. The van der Waals surface area contributed by atoms with Crippen LogP contribution in [0.2, 0.25) is 0 Å². The molecule has 0 amide bonds. The van der Waals surface area contributed by atoms with Gasteiger partial charge in [-0.25, -0.2) is 0 Å². The minimum absolute atomic E-state index is 0.0217. The third kappa shape index (κ3) is 3.73. The summed E-state index contributed by atoms with van der Waals surface area (Å²) >= 11 is 0. The smallest absolute Gasteiger partial charge is 0.310 e. The first-order chi connectivity index (χ1) is 16.8. The monoisotopic (exact) mass is 496 g/mol. The lowest BCUT2D eigenvalue weighted by molar-refractivity contribution is -0.144. The molecule has 4 rings (SSSR count). The first-order valence-electron chi connectivity index (χ1n) is 13.3. The van der Waals surface area contributed by atoms with E-state index in [2.05, 4.69) is 19.4 Å². The lowest BCUT2D eigenvalue weighted by Crippen LogP contribution is -2.59. The first kappa shape index (κ1) is 26.8. The van der Waals surface area contributed by atoms with Crippen LogP contribution >= 0.6 is 0 Å². The highest BCUT2D eigenvalue weighted by molar-refractivity contribution is 6.12. The number of fused-ring (bicyclic) bond motifs is 4. The van der Waals surface area contributed by atoms with Gasteiger partial charge in [-0.2, -0.15) is 0 Å². The predicted octanol–water partition coefficient (Wildman–Crippen LogP) is 3.95. The summed E-state index contributed by atoms with van der Waals surface area (Å²) < 4.78 is 0. The Hall–Kier alpha value is -2.23. The molecule has 0 heterocycles. The van der Waals surface area contributed by atoms with Crippen LogP contribution < -0.4 is 0 Å². The van der Waals surface area contributed by atoms with E-state index in [0.29, 0.717) is 42.4 Å². The van der Waals surface area contributed by atoms with Crippen molar-refractivity contribution >= 4 is 17.5 Å². The van der Waals surface area contributed by atoms with E-state index in [1.807, 2.05) is 13.8 Å². The minimum Gasteiger partial charge on any atom is -0.481 e. The highest BCUT2D eigenvalue weighted by Crippen LogP contribution is 2.65. The number of carboxylic acid groups (broad SMARTS) is 1. The van der Waals surface area contributed by atoms with E-state index >= 15 is 0 Å². The van der Waals surface area contributed by atoms with Crippen LogP contribution in [0.4, 0.5) is 0 Å². The molecule has 2 saturated carbocycles. The summed E-state index contributed by atoms with van der Waals surface area (Å²) in [5.41, 5.74) is 0.365. The molecule has 0 saturated heterocycles. The van der Waals surface area contributed by atoms with E-state index in [4.69, 9.17) is 6.42 Å². The van der Waals surface area contributed by atoms with Crippen LogP contribution in [0.15, 0.2) is 23.3 Å². The summed E-state index contributed by atoms with van der Waals surface area (Å²) in [6, 6.07) is 0. The maximum Gasteiger partial charge on any atom is 0.310 e. The Bertz CT molecular complexity index is 1060. The van der Waals surface area contributed by atoms with Crippen LogP contribution in [0.5, 0.6) is 0 Å². The third-order valence-corrected chi connectivity index (χ3v) is 10.7. The molecule has 0 aromatic carbocycles. The van der Waals surface area contributed by atoms with Crippen LogP contribution in [0.1, 0.15) is 72.6 Å². The van der Waals surface area contributed by atoms with Crippen molar-refractivity contribution < 1.29 is 29.7 Å². The van der Waals surface area contributed by atoms with Gasteiger partial charge >= 0.3 is 5.97 Å². The van der Waals surface area contributed by atoms with E-state index in [1.54, 1.807) is 6.92 Å². The van der Waals surface area contributed by atoms with Crippen molar-refractivity contribution in [3.8, 4) is 12.3 Å². The number of carbonyl (C=O) groups excluding carboxylic acids is 2. The molecule has 4 aliphatic carbocycles. The van der Waals surface area contributed by atoms with Crippen molar-refractivity contribution in [3.05, 3.63) is 23.3 Å². The SMILES string of the molecule is C#C[C@H]1C2CC(=O)C3=C(C(=O)[C@H](O)[C@@]4(C)C3CCC4[C@H](C)CCC(=C)C(C)C(=O)O)[C@@]2(C)CC[C@@H]1O. The van der Waals surface area contributed by atoms with Gasteiger partial charge in [-0.15, -0.1) is 12.3 Å². The number of carbonyl (C=O) groups is 3. The molecule has 0 spiro atoms. The van der Waals surface area contributed by atoms with Gasteiger partial charge in [-0.1, -0.05) is 32.9 Å². The van der Waals surface area contributed by atoms with Gasteiger partial charge in [0.25, 0.3) is 0 Å². The molecule has 0 aromatic rings. The molecule has 36 heavy (non-hydrogen) atoms. The fourth-order valence-electron chi connectivity index (χ4n) is 8.30. The zero-order valence-electron chi connectivity index (χ0n) is 21.9. The lowest BCUT2D eigenvalue weighted by Gasteiger charge is -2.55. The number of Topliss-reactive ketones (excluding diaryl/α,β-unsaturated/α-hetero) is 2. The Balaban J connectivity index is 1.67. The Morgan fingerprint density at radius 2 is 1.86 bits per heavy atom. The van der Waals surface area contributed by atoms with Crippen LogP contribution in [0.3, 0.4) is 0 Å². The molecule has 0 aliphatic heterocycles. The number of allylic oxidation sites excluding steroid dienone is 1. The summed E-state index contributed by atoms with van der Waals surface area (Å²) in [5, 5.41) is 31.4. The second-order valence-corrected chi connectivity index (χ2v) is 12.3. The summed E-state index contributed by atoms with van der Waals surface area (Å²) in [6.45, 7) is 11.6. The molecule has 0 aromatic heterocycles. The predicted molar refractivity (Wildman–Crippen MR) is 135 cm³/mol. The number of hydrogen-bond donors (Lipinski definition) is 3. The third-order valence-electron chi connectivity index (χ3n) is 10.7. The molecular formula is C30H40O6.